The van der Waals surface area contributed by atoms with Gasteiger partial charge in [0, 0.05) is 14.2 Å². The molecule has 0 aromatic carbocycles. The highest BCUT2D eigenvalue weighted by Crippen LogP contribution is 2.00. The molecule has 1 amide bonds. The maximum absolute atomic E-state index is 10.1. The van der Waals surface area contributed by atoms with Crippen molar-refractivity contribution in [3.8, 4) is 0 Å². The van der Waals surface area contributed by atoms with E-state index in [0.717, 1.165) is 0 Å². The Kier molecular flexibility index (Phi) is 4.09. The third-order valence-electron chi connectivity index (χ3n) is 1.42. The Labute approximate surface area is 66.6 Å². The lowest BCUT2D eigenvalue weighted by atomic mass is 11.1. The van der Waals surface area contributed by atoms with Crippen molar-refractivity contribution < 1.29 is 18.8 Å². The molecule has 0 aliphatic rings. The van der Waals surface area contributed by atoms with E-state index >= 15 is 0 Å². The molecule has 0 aromatic heterocycles. The number of nitrogens with one attached hydrogen (secondary N) is 1. The molecule has 0 saturated heterocycles. The monoisotopic (exact) mass is 179 g/mol. The average molecular weight is 179 g/mol. The van der Waals surface area contributed by atoms with Crippen LogP contribution in [0.2, 0.25) is 6.55 Å². The Morgan fingerprint density at radius 1 is 1.55 bits per heavy atom. The van der Waals surface area contributed by atoms with Gasteiger partial charge in [0.25, 0.3) is 0 Å². The molecule has 6 heteroatoms. The first-order valence-electron chi connectivity index (χ1n) is 3.11. The van der Waals surface area contributed by atoms with Crippen molar-refractivity contribution in [3.05, 3.63) is 0 Å². The van der Waals surface area contributed by atoms with Crippen LogP contribution in [0.4, 0.5) is 4.79 Å². The molecule has 0 unspecified atom stereocenters. The van der Waals surface area contributed by atoms with Crippen LogP contribution in [0.5, 0.6) is 0 Å². The predicted octanol–water partition coefficient (Wildman–Crippen LogP) is 0.158. The Morgan fingerprint density at radius 2 is 2.00 bits per heavy atom. The second-order valence-corrected chi connectivity index (χ2v) is 5.64. The zero-order valence-electron chi connectivity index (χ0n) is 6.88. The van der Waals surface area contributed by atoms with E-state index in [2.05, 4.69) is 5.32 Å². The molecule has 2 N–H and O–H groups in total. The van der Waals surface area contributed by atoms with E-state index in [-0.39, 0.29) is 6.17 Å². The fourth-order valence-electron chi connectivity index (χ4n) is 0.464. The molecular weight excluding hydrogens is 166 g/mol. The van der Waals surface area contributed by atoms with E-state index in [4.69, 9.17) is 14.0 Å². The van der Waals surface area contributed by atoms with Gasteiger partial charge < -0.3 is 19.3 Å². The van der Waals surface area contributed by atoms with Crippen molar-refractivity contribution in [2.75, 3.05) is 20.4 Å². The van der Waals surface area contributed by atoms with E-state index in [0.29, 0.717) is 0 Å². The van der Waals surface area contributed by atoms with Gasteiger partial charge in [-0.2, -0.15) is 0 Å². The molecule has 0 spiro atoms. The lowest BCUT2D eigenvalue weighted by Gasteiger charge is -2.21. The van der Waals surface area contributed by atoms with Crippen molar-refractivity contribution in [2.24, 2.45) is 0 Å². The number of amides is 1. The van der Waals surface area contributed by atoms with E-state index in [1.807, 2.05) is 0 Å². The summed E-state index contributed by atoms with van der Waals surface area (Å²) in [5, 5.41) is 10.5. The summed E-state index contributed by atoms with van der Waals surface area (Å²) in [6.45, 7) is 1.78. The smallest absolute Gasteiger partial charge is 0.404 e. The highest BCUT2D eigenvalue weighted by atomic mass is 28.4. The highest BCUT2D eigenvalue weighted by Gasteiger charge is 2.29. The molecule has 0 bridgehead atoms. The third kappa shape index (κ3) is 3.97. The summed E-state index contributed by atoms with van der Waals surface area (Å²) in [6.07, 6.45) is -0.812. The van der Waals surface area contributed by atoms with Gasteiger partial charge in [-0.3, -0.25) is 0 Å². The van der Waals surface area contributed by atoms with Crippen LogP contribution in [0, 0.1) is 0 Å². The molecule has 0 heterocycles. The second kappa shape index (κ2) is 4.32. The van der Waals surface area contributed by atoms with Crippen LogP contribution in [-0.4, -0.2) is 40.1 Å². The van der Waals surface area contributed by atoms with Gasteiger partial charge in [0.05, 0.1) is 6.17 Å². The van der Waals surface area contributed by atoms with Crippen LogP contribution in [0.25, 0.3) is 0 Å². The van der Waals surface area contributed by atoms with Crippen molar-refractivity contribution in [1.29, 1.82) is 0 Å². The summed E-state index contributed by atoms with van der Waals surface area (Å²) < 4.78 is 10.1. The first-order chi connectivity index (χ1) is 5.04. The normalized spacial score (nSPS) is 11.2. The average Bonchev–Trinajstić information content (AvgIpc) is 2.00. The lowest BCUT2D eigenvalue weighted by Crippen LogP contribution is -2.48. The van der Waals surface area contributed by atoms with Crippen molar-refractivity contribution in [1.82, 2.24) is 5.32 Å². The Bertz CT molecular complexity index is 136. The van der Waals surface area contributed by atoms with Gasteiger partial charge in [0.2, 0.25) is 0 Å². The molecule has 0 radical (unpaired) electrons. The summed E-state index contributed by atoms with van der Waals surface area (Å²) in [7, 11) is 0.774. The van der Waals surface area contributed by atoms with Crippen LogP contribution in [-0.2, 0) is 8.85 Å². The van der Waals surface area contributed by atoms with Crippen LogP contribution in [0.15, 0.2) is 0 Å². The summed E-state index contributed by atoms with van der Waals surface area (Å²) in [6, 6.07) is 0. The van der Waals surface area contributed by atoms with Gasteiger partial charge in [-0.05, 0) is 6.55 Å². The number of hydrogen-bond donors (Lipinski definition) is 2. The Morgan fingerprint density at radius 3 is 2.27 bits per heavy atom. The first-order valence-corrected chi connectivity index (χ1v) is 5.63. The molecular formula is C5H13NO4Si. The molecule has 0 aromatic rings. The molecule has 66 valence electrons. The highest BCUT2D eigenvalue weighted by molar-refractivity contribution is 6.66. The molecule has 0 rings (SSSR count). The second-order valence-electron chi connectivity index (χ2n) is 2.20. The fourth-order valence-corrected chi connectivity index (χ4v) is 1.39. The number of carboxylic acid groups (broad SMARTS) is 1. The lowest BCUT2D eigenvalue weighted by molar-refractivity contribution is 0.191. The maximum atomic E-state index is 10.1. The Hall–Kier alpha value is -0.593. The summed E-state index contributed by atoms with van der Waals surface area (Å²) in [4.78, 5) is 10.1. The Balaban J connectivity index is 3.78. The summed E-state index contributed by atoms with van der Waals surface area (Å²) in [5.41, 5.74) is 0. The largest absolute Gasteiger partial charge is 0.465 e. The van der Waals surface area contributed by atoms with E-state index in [1.54, 1.807) is 6.55 Å². The minimum Gasteiger partial charge on any atom is -0.465 e. The molecule has 0 atom stereocenters. The first kappa shape index (κ1) is 10.4. The van der Waals surface area contributed by atoms with Crippen molar-refractivity contribution in [2.45, 2.75) is 6.55 Å². The quantitative estimate of drug-likeness (QED) is 0.603. The van der Waals surface area contributed by atoms with Gasteiger partial charge in [-0.15, -0.1) is 0 Å². The number of hydrogen-bond acceptors (Lipinski definition) is 3. The van der Waals surface area contributed by atoms with Crippen LogP contribution < -0.4 is 5.32 Å². The van der Waals surface area contributed by atoms with Crippen LogP contribution in [0.3, 0.4) is 0 Å². The van der Waals surface area contributed by atoms with E-state index in [9.17, 15) is 4.79 Å². The molecule has 0 aliphatic heterocycles. The molecule has 5 nitrogen and oxygen atoms in total. The van der Waals surface area contributed by atoms with Gasteiger partial charge in [0.1, 0.15) is 0 Å². The molecule has 0 fully saturated rings. The van der Waals surface area contributed by atoms with Gasteiger partial charge >= 0.3 is 14.7 Å². The van der Waals surface area contributed by atoms with Gasteiger partial charge in [-0.25, -0.2) is 4.79 Å². The fraction of sp³-hybridized carbons (Fsp3) is 0.800. The minimum absolute atomic E-state index is 0.245. The maximum Gasteiger partial charge on any atom is 0.404 e. The summed E-state index contributed by atoms with van der Waals surface area (Å²) >= 11 is 0. The van der Waals surface area contributed by atoms with Crippen molar-refractivity contribution in [3.63, 3.8) is 0 Å². The zero-order chi connectivity index (χ0) is 8.91. The molecule has 11 heavy (non-hydrogen) atoms. The molecule has 0 aliphatic carbocycles. The topological polar surface area (TPSA) is 67.8 Å². The standard InChI is InChI=1S/C5H13NO4Si/c1-9-11(3,10-2)4-6-5(7)8/h6H,4H2,1-3H3,(H,7,8). The minimum atomic E-state index is -2.25. The predicted molar refractivity (Wildman–Crippen MR) is 41.7 cm³/mol. The van der Waals surface area contributed by atoms with Crippen molar-refractivity contribution >= 4 is 14.7 Å². The summed E-state index contributed by atoms with van der Waals surface area (Å²) in [5.74, 6) is 0. The van der Waals surface area contributed by atoms with Gasteiger partial charge in [0.15, 0.2) is 0 Å². The number of rotatable bonds is 4. The van der Waals surface area contributed by atoms with E-state index < -0.39 is 14.7 Å². The third-order valence-corrected chi connectivity index (χ3v) is 3.97. The SMILES string of the molecule is CO[Si](C)(CNC(=O)O)OC. The molecule has 0 saturated carbocycles. The van der Waals surface area contributed by atoms with Crippen LogP contribution in [0.1, 0.15) is 0 Å². The van der Waals surface area contributed by atoms with Crippen LogP contribution >= 0.6 is 0 Å². The zero-order valence-corrected chi connectivity index (χ0v) is 7.88. The number of carbonyl (C=O) groups is 1. The van der Waals surface area contributed by atoms with E-state index in [1.165, 1.54) is 14.2 Å². The van der Waals surface area contributed by atoms with Gasteiger partial charge in [-0.1, -0.05) is 0 Å².